The molecule has 2 rings (SSSR count). The third-order valence-corrected chi connectivity index (χ3v) is 3.16. The van der Waals surface area contributed by atoms with Gasteiger partial charge < -0.3 is 11.1 Å². The third-order valence-electron chi connectivity index (χ3n) is 3.16. The number of carbonyl (C=O) groups is 1. The average molecular weight is 222 g/mol. The van der Waals surface area contributed by atoms with Gasteiger partial charge in [-0.3, -0.25) is 9.89 Å². The van der Waals surface area contributed by atoms with Gasteiger partial charge in [0.1, 0.15) is 0 Å². The Hall–Kier alpha value is -1.36. The van der Waals surface area contributed by atoms with E-state index in [4.69, 9.17) is 5.73 Å². The lowest BCUT2D eigenvalue weighted by Crippen LogP contribution is -2.35. The fourth-order valence-corrected chi connectivity index (χ4v) is 2.09. The van der Waals surface area contributed by atoms with Crippen molar-refractivity contribution in [1.29, 1.82) is 0 Å². The molecular weight excluding hydrogens is 204 g/mol. The molecule has 88 valence electrons. The SMILES string of the molecule is NC1CCC(C(=O)NCc2cn[nH]c2)CC1. The summed E-state index contributed by atoms with van der Waals surface area (Å²) in [6.07, 6.45) is 7.26. The van der Waals surface area contributed by atoms with Crippen LogP contribution in [0.5, 0.6) is 0 Å². The van der Waals surface area contributed by atoms with E-state index in [-0.39, 0.29) is 17.9 Å². The Kier molecular flexibility index (Phi) is 3.56. The fourth-order valence-electron chi connectivity index (χ4n) is 2.09. The Balaban J connectivity index is 1.75. The highest BCUT2D eigenvalue weighted by Gasteiger charge is 2.24. The topological polar surface area (TPSA) is 83.8 Å². The molecule has 0 spiro atoms. The number of hydrogen-bond acceptors (Lipinski definition) is 3. The third kappa shape index (κ3) is 2.82. The summed E-state index contributed by atoms with van der Waals surface area (Å²) in [7, 11) is 0. The molecule has 0 aliphatic heterocycles. The van der Waals surface area contributed by atoms with Gasteiger partial charge in [-0.2, -0.15) is 5.10 Å². The zero-order valence-corrected chi connectivity index (χ0v) is 9.28. The van der Waals surface area contributed by atoms with Gasteiger partial charge in [-0.05, 0) is 25.7 Å². The van der Waals surface area contributed by atoms with Crippen LogP contribution in [0.1, 0.15) is 31.2 Å². The van der Waals surface area contributed by atoms with E-state index in [9.17, 15) is 4.79 Å². The number of carbonyl (C=O) groups excluding carboxylic acids is 1. The number of aromatic amines is 1. The largest absolute Gasteiger partial charge is 0.352 e. The van der Waals surface area contributed by atoms with Crippen molar-refractivity contribution < 1.29 is 4.79 Å². The highest BCUT2D eigenvalue weighted by atomic mass is 16.1. The molecule has 0 unspecified atom stereocenters. The van der Waals surface area contributed by atoms with E-state index in [0.717, 1.165) is 31.2 Å². The van der Waals surface area contributed by atoms with Crippen molar-refractivity contribution in [3.63, 3.8) is 0 Å². The summed E-state index contributed by atoms with van der Waals surface area (Å²) in [6, 6.07) is 0.290. The molecule has 0 atom stereocenters. The standard InChI is InChI=1S/C11H18N4O/c12-10-3-1-9(2-4-10)11(16)13-5-8-6-14-15-7-8/h6-7,9-10H,1-5,12H2,(H,13,16)(H,14,15). The van der Waals surface area contributed by atoms with Crippen LogP contribution in [0.3, 0.4) is 0 Å². The first-order valence-corrected chi connectivity index (χ1v) is 5.76. The van der Waals surface area contributed by atoms with Gasteiger partial charge in [-0.25, -0.2) is 0 Å². The first-order valence-electron chi connectivity index (χ1n) is 5.76. The lowest BCUT2D eigenvalue weighted by molar-refractivity contribution is -0.126. The van der Waals surface area contributed by atoms with E-state index >= 15 is 0 Å². The van der Waals surface area contributed by atoms with Gasteiger partial charge in [0.05, 0.1) is 6.20 Å². The summed E-state index contributed by atoms with van der Waals surface area (Å²) in [6.45, 7) is 0.553. The van der Waals surface area contributed by atoms with Crippen LogP contribution in [0.15, 0.2) is 12.4 Å². The van der Waals surface area contributed by atoms with Crippen LogP contribution in [0.4, 0.5) is 0 Å². The van der Waals surface area contributed by atoms with Crippen molar-refractivity contribution in [2.75, 3.05) is 0 Å². The van der Waals surface area contributed by atoms with Gasteiger partial charge in [0.2, 0.25) is 5.91 Å². The second kappa shape index (κ2) is 5.12. The number of aromatic nitrogens is 2. The van der Waals surface area contributed by atoms with Gasteiger partial charge in [0.15, 0.2) is 0 Å². The highest BCUT2D eigenvalue weighted by Crippen LogP contribution is 2.23. The van der Waals surface area contributed by atoms with Gasteiger partial charge in [-0.15, -0.1) is 0 Å². The van der Waals surface area contributed by atoms with Crippen LogP contribution in [0, 0.1) is 5.92 Å². The fraction of sp³-hybridized carbons (Fsp3) is 0.636. The number of nitrogens with zero attached hydrogens (tertiary/aromatic N) is 1. The molecule has 0 radical (unpaired) electrons. The molecule has 0 aromatic carbocycles. The second-order valence-corrected chi connectivity index (χ2v) is 4.44. The first kappa shape index (κ1) is 11.1. The second-order valence-electron chi connectivity index (χ2n) is 4.44. The molecule has 0 bridgehead atoms. The van der Waals surface area contributed by atoms with Crippen LogP contribution < -0.4 is 11.1 Å². The molecular formula is C11H18N4O. The predicted octanol–water partition coefficient (Wildman–Crippen LogP) is 0.543. The smallest absolute Gasteiger partial charge is 0.223 e. The molecule has 4 N–H and O–H groups in total. The van der Waals surface area contributed by atoms with Crippen molar-refractivity contribution in [3.05, 3.63) is 18.0 Å². The first-order chi connectivity index (χ1) is 7.75. The normalized spacial score (nSPS) is 25.3. The maximum absolute atomic E-state index is 11.8. The molecule has 0 saturated heterocycles. The zero-order chi connectivity index (χ0) is 11.4. The maximum Gasteiger partial charge on any atom is 0.223 e. The van der Waals surface area contributed by atoms with Crippen LogP contribution in [0.2, 0.25) is 0 Å². The summed E-state index contributed by atoms with van der Waals surface area (Å²) < 4.78 is 0. The van der Waals surface area contributed by atoms with Crippen LogP contribution >= 0.6 is 0 Å². The lowest BCUT2D eigenvalue weighted by Gasteiger charge is -2.25. The summed E-state index contributed by atoms with van der Waals surface area (Å²) in [4.78, 5) is 11.8. The summed E-state index contributed by atoms with van der Waals surface area (Å²) in [5.41, 5.74) is 6.80. The molecule has 1 aromatic heterocycles. The number of nitrogens with two attached hydrogens (primary N) is 1. The van der Waals surface area contributed by atoms with E-state index in [1.54, 1.807) is 12.4 Å². The van der Waals surface area contributed by atoms with E-state index in [0.29, 0.717) is 6.54 Å². The Labute approximate surface area is 94.8 Å². The van der Waals surface area contributed by atoms with Crippen molar-refractivity contribution in [1.82, 2.24) is 15.5 Å². The Morgan fingerprint density at radius 3 is 2.88 bits per heavy atom. The molecule has 5 nitrogen and oxygen atoms in total. The maximum atomic E-state index is 11.8. The van der Waals surface area contributed by atoms with Gasteiger partial charge in [0.25, 0.3) is 0 Å². The van der Waals surface area contributed by atoms with Crippen LogP contribution in [0.25, 0.3) is 0 Å². The Morgan fingerprint density at radius 2 is 2.25 bits per heavy atom. The Morgan fingerprint density at radius 1 is 1.50 bits per heavy atom. The van der Waals surface area contributed by atoms with Crippen molar-refractivity contribution in [3.8, 4) is 0 Å². The van der Waals surface area contributed by atoms with Crippen molar-refractivity contribution in [2.24, 2.45) is 11.7 Å². The molecule has 1 amide bonds. The molecule has 1 fully saturated rings. The van der Waals surface area contributed by atoms with Crippen molar-refractivity contribution in [2.45, 2.75) is 38.3 Å². The molecule has 1 aliphatic rings. The van der Waals surface area contributed by atoms with E-state index in [1.165, 1.54) is 0 Å². The lowest BCUT2D eigenvalue weighted by atomic mass is 9.86. The number of H-pyrrole nitrogens is 1. The van der Waals surface area contributed by atoms with Gasteiger partial charge >= 0.3 is 0 Å². The summed E-state index contributed by atoms with van der Waals surface area (Å²) >= 11 is 0. The molecule has 1 heterocycles. The van der Waals surface area contributed by atoms with Crippen molar-refractivity contribution >= 4 is 5.91 Å². The zero-order valence-electron chi connectivity index (χ0n) is 9.28. The van der Waals surface area contributed by atoms with E-state index < -0.39 is 0 Å². The minimum Gasteiger partial charge on any atom is -0.352 e. The van der Waals surface area contributed by atoms with E-state index in [1.807, 2.05) is 0 Å². The number of amides is 1. The molecule has 1 saturated carbocycles. The monoisotopic (exact) mass is 222 g/mol. The number of hydrogen-bond donors (Lipinski definition) is 3. The predicted molar refractivity (Wildman–Crippen MR) is 60.4 cm³/mol. The molecule has 1 aromatic rings. The number of rotatable bonds is 3. The van der Waals surface area contributed by atoms with Gasteiger partial charge in [0, 0.05) is 30.3 Å². The molecule has 16 heavy (non-hydrogen) atoms. The Bertz CT molecular complexity index is 328. The van der Waals surface area contributed by atoms with Crippen LogP contribution in [-0.2, 0) is 11.3 Å². The summed E-state index contributed by atoms with van der Waals surface area (Å²) in [5.74, 6) is 0.291. The van der Waals surface area contributed by atoms with E-state index in [2.05, 4.69) is 15.5 Å². The minimum atomic E-state index is 0.145. The number of nitrogens with one attached hydrogen (secondary N) is 2. The van der Waals surface area contributed by atoms with Crippen LogP contribution in [-0.4, -0.2) is 22.1 Å². The quantitative estimate of drug-likeness (QED) is 0.698. The highest BCUT2D eigenvalue weighted by molar-refractivity contribution is 5.78. The minimum absolute atomic E-state index is 0.145. The summed E-state index contributed by atoms with van der Waals surface area (Å²) in [5, 5.41) is 9.48. The molecule has 5 heteroatoms. The van der Waals surface area contributed by atoms with Gasteiger partial charge in [-0.1, -0.05) is 0 Å². The average Bonchev–Trinajstić information content (AvgIpc) is 2.80. The molecule has 1 aliphatic carbocycles.